The topological polar surface area (TPSA) is 58.9 Å². The molecule has 3 aromatic carbocycles. The average Bonchev–Trinajstić information content (AvgIpc) is 2.93. The van der Waals surface area contributed by atoms with Crippen molar-refractivity contribution in [2.45, 2.75) is 0 Å². The molecule has 0 unspecified atom stereocenters. The third kappa shape index (κ3) is 4.63. The Hall–Kier alpha value is -4.83. The molecule has 0 saturated carbocycles. The van der Waals surface area contributed by atoms with Gasteiger partial charge in [-0.15, -0.1) is 0 Å². The molecule has 0 aliphatic carbocycles. The number of hydrogen-bond acceptors (Lipinski definition) is 4. The fraction of sp³-hybridized carbons (Fsp3) is 0. The monoisotopic (exact) mass is 453 g/mol. The van der Waals surface area contributed by atoms with Crippen LogP contribution in [0, 0.1) is 0 Å². The average molecular weight is 454 g/mol. The predicted octanol–water partition coefficient (Wildman–Crippen LogP) is 7.71. The van der Waals surface area contributed by atoms with Crippen LogP contribution in [0.1, 0.15) is 11.3 Å². The number of rotatable bonds is 6. The van der Waals surface area contributed by atoms with Crippen LogP contribution < -0.4 is 0 Å². The Morgan fingerprint density at radius 3 is 1.80 bits per heavy atom. The lowest BCUT2D eigenvalue weighted by Crippen LogP contribution is -1.97. The summed E-state index contributed by atoms with van der Waals surface area (Å²) in [6, 6.07) is 33.9. The van der Waals surface area contributed by atoms with Gasteiger partial charge in [0.1, 0.15) is 11.5 Å². The number of pyridine rings is 1. The molecule has 5 rings (SSSR count). The number of aliphatic hydroxyl groups is 1. The van der Waals surface area contributed by atoms with Crippen molar-refractivity contribution in [1.82, 2.24) is 15.0 Å². The van der Waals surface area contributed by atoms with Gasteiger partial charge in [-0.05, 0) is 18.2 Å². The summed E-state index contributed by atoms with van der Waals surface area (Å²) in [5.41, 5.74) is 7.37. The zero-order chi connectivity index (χ0) is 24.2. The molecule has 0 aliphatic heterocycles. The Balaban J connectivity index is 1.64. The maximum absolute atomic E-state index is 10.00. The molecule has 35 heavy (non-hydrogen) atoms. The van der Waals surface area contributed by atoms with Crippen LogP contribution in [0.4, 0.5) is 0 Å². The minimum absolute atomic E-state index is 0.0892. The van der Waals surface area contributed by atoms with Crippen LogP contribution in [-0.2, 0) is 0 Å². The zero-order valence-corrected chi connectivity index (χ0v) is 19.1. The van der Waals surface area contributed by atoms with Gasteiger partial charge in [0.2, 0.25) is 0 Å². The zero-order valence-electron chi connectivity index (χ0n) is 19.1. The number of aliphatic hydroxyl groups excluding tert-OH is 1. The number of aromatic nitrogens is 3. The summed E-state index contributed by atoms with van der Waals surface area (Å²) in [7, 11) is 0. The van der Waals surface area contributed by atoms with Crippen molar-refractivity contribution < 1.29 is 5.11 Å². The van der Waals surface area contributed by atoms with Crippen LogP contribution >= 0.6 is 0 Å². The molecular formula is C31H23N3O. The molecule has 0 bridgehead atoms. The van der Waals surface area contributed by atoms with Gasteiger partial charge < -0.3 is 5.11 Å². The number of hydrogen-bond donors (Lipinski definition) is 1. The summed E-state index contributed by atoms with van der Waals surface area (Å²) < 4.78 is 0. The van der Waals surface area contributed by atoms with Crippen LogP contribution in [-0.4, -0.2) is 20.1 Å². The molecular weight excluding hydrogens is 430 g/mol. The van der Waals surface area contributed by atoms with Gasteiger partial charge in [-0.1, -0.05) is 104 Å². The fourth-order valence-corrected chi connectivity index (χ4v) is 3.93. The van der Waals surface area contributed by atoms with Crippen LogP contribution in [0.2, 0.25) is 0 Å². The maximum Gasteiger partial charge on any atom is 0.160 e. The van der Waals surface area contributed by atoms with E-state index in [0.717, 1.165) is 44.9 Å². The minimum atomic E-state index is -0.0892. The van der Waals surface area contributed by atoms with Crippen molar-refractivity contribution in [1.29, 1.82) is 0 Å². The first-order valence-corrected chi connectivity index (χ1v) is 11.2. The predicted molar refractivity (Wildman–Crippen MR) is 143 cm³/mol. The highest BCUT2D eigenvalue weighted by Gasteiger charge is 2.12. The third-order valence-corrected chi connectivity index (χ3v) is 5.70. The number of nitrogens with zero attached hydrogens (tertiary/aromatic N) is 3. The molecule has 1 N–H and O–H groups in total. The van der Waals surface area contributed by atoms with Gasteiger partial charge in [0.15, 0.2) is 5.82 Å². The van der Waals surface area contributed by atoms with Gasteiger partial charge in [0.25, 0.3) is 0 Å². The van der Waals surface area contributed by atoms with Crippen molar-refractivity contribution in [3.8, 4) is 45.2 Å². The summed E-state index contributed by atoms with van der Waals surface area (Å²) in [6.07, 6.45) is 1.65. The van der Waals surface area contributed by atoms with E-state index in [0.29, 0.717) is 11.5 Å². The molecule has 0 saturated heterocycles. The molecule has 0 spiro atoms. The Morgan fingerprint density at radius 2 is 1.17 bits per heavy atom. The molecule has 2 aromatic heterocycles. The molecule has 0 amide bonds. The fourth-order valence-electron chi connectivity index (χ4n) is 3.93. The van der Waals surface area contributed by atoms with Crippen LogP contribution in [0.3, 0.4) is 0 Å². The van der Waals surface area contributed by atoms with E-state index in [-0.39, 0.29) is 5.76 Å². The molecule has 0 fully saturated rings. The van der Waals surface area contributed by atoms with Crippen molar-refractivity contribution in [3.05, 3.63) is 128 Å². The van der Waals surface area contributed by atoms with Crippen molar-refractivity contribution in [2.75, 3.05) is 0 Å². The first-order valence-electron chi connectivity index (χ1n) is 11.2. The Bertz CT molecular complexity index is 1470. The molecule has 0 aliphatic rings. The Labute approximate surface area is 204 Å². The molecule has 2 heterocycles. The third-order valence-electron chi connectivity index (χ3n) is 5.70. The van der Waals surface area contributed by atoms with E-state index in [4.69, 9.17) is 9.97 Å². The molecule has 5 aromatic rings. The van der Waals surface area contributed by atoms with Gasteiger partial charge in [-0.25, -0.2) is 15.0 Å². The summed E-state index contributed by atoms with van der Waals surface area (Å²) in [4.78, 5) is 14.4. The van der Waals surface area contributed by atoms with Crippen molar-refractivity contribution >= 4 is 11.8 Å². The highest BCUT2D eigenvalue weighted by molar-refractivity contribution is 5.76. The van der Waals surface area contributed by atoms with Crippen molar-refractivity contribution in [2.24, 2.45) is 0 Å². The molecule has 4 nitrogen and oxygen atoms in total. The first-order chi connectivity index (χ1) is 17.1. The standard InChI is InChI=1S/C31H23N3O/c1-3-22-17-18-27(32-30(22)21(2)35)25-15-10-16-26(19-25)29-20-28(23-11-6-4-7-12-23)33-31(34-29)24-13-8-5-9-14-24/h3-20,35H,1-2H2. The summed E-state index contributed by atoms with van der Waals surface area (Å²) in [6.45, 7) is 7.43. The van der Waals surface area contributed by atoms with Gasteiger partial charge in [-0.2, -0.15) is 0 Å². The molecule has 4 heteroatoms. The summed E-state index contributed by atoms with van der Waals surface area (Å²) in [5, 5.41) is 10.00. The molecule has 0 radical (unpaired) electrons. The van der Waals surface area contributed by atoms with Gasteiger partial charge in [0.05, 0.1) is 17.1 Å². The summed E-state index contributed by atoms with van der Waals surface area (Å²) in [5.74, 6) is 0.577. The molecule has 168 valence electrons. The quantitative estimate of drug-likeness (QED) is 0.268. The van der Waals surface area contributed by atoms with Crippen LogP contribution in [0.15, 0.2) is 116 Å². The van der Waals surface area contributed by atoms with E-state index in [9.17, 15) is 5.11 Å². The van der Waals surface area contributed by atoms with E-state index in [1.807, 2.05) is 103 Å². The van der Waals surface area contributed by atoms with Crippen LogP contribution in [0.25, 0.3) is 57.0 Å². The van der Waals surface area contributed by atoms with Crippen LogP contribution in [0.5, 0.6) is 0 Å². The second kappa shape index (κ2) is 9.57. The van der Waals surface area contributed by atoms with Gasteiger partial charge in [0, 0.05) is 27.8 Å². The maximum atomic E-state index is 10.00. The minimum Gasteiger partial charge on any atom is -0.506 e. The van der Waals surface area contributed by atoms with Gasteiger partial charge >= 0.3 is 0 Å². The SMILES string of the molecule is C=Cc1ccc(-c2cccc(-c3cc(-c4ccccc4)nc(-c4ccccc4)n3)c2)nc1C(=C)O. The normalized spacial score (nSPS) is 10.6. The van der Waals surface area contributed by atoms with E-state index in [1.54, 1.807) is 6.08 Å². The first kappa shape index (κ1) is 22.0. The van der Waals surface area contributed by atoms with E-state index >= 15 is 0 Å². The van der Waals surface area contributed by atoms with Crippen molar-refractivity contribution in [3.63, 3.8) is 0 Å². The van der Waals surface area contributed by atoms with E-state index in [2.05, 4.69) is 18.1 Å². The Kier molecular flexibility index (Phi) is 6.01. The van der Waals surface area contributed by atoms with E-state index < -0.39 is 0 Å². The lowest BCUT2D eigenvalue weighted by atomic mass is 10.0. The summed E-state index contributed by atoms with van der Waals surface area (Å²) >= 11 is 0. The molecule has 0 atom stereocenters. The lowest BCUT2D eigenvalue weighted by molar-refractivity contribution is 0.510. The Morgan fingerprint density at radius 1 is 0.600 bits per heavy atom. The number of benzene rings is 3. The van der Waals surface area contributed by atoms with Gasteiger partial charge in [-0.3, -0.25) is 0 Å². The lowest BCUT2D eigenvalue weighted by Gasteiger charge is -2.11. The van der Waals surface area contributed by atoms with E-state index in [1.165, 1.54) is 0 Å². The largest absolute Gasteiger partial charge is 0.506 e. The highest BCUT2D eigenvalue weighted by atomic mass is 16.3. The second-order valence-electron chi connectivity index (χ2n) is 8.06. The second-order valence-corrected chi connectivity index (χ2v) is 8.06. The highest BCUT2D eigenvalue weighted by Crippen LogP contribution is 2.30. The smallest absolute Gasteiger partial charge is 0.160 e.